The van der Waals surface area contributed by atoms with Crippen molar-refractivity contribution in [3.8, 4) is 0 Å². The van der Waals surface area contributed by atoms with E-state index in [9.17, 15) is 18.4 Å². The molecule has 0 aromatic carbocycles. The average molecular weight is 250 g/mol. The molecule has 0 amide bonds. The van der Waals surface area contributed by atoms with Gasteiger partial charge in [-0.25, -0.2) is 9.59 Å². The van der Waals surface area contributed by atoms with Crippen molar-refractivity contribution in [3.63, 3.8) is 0 Å². The van der Waals surface area contributed by atoms with Crippen molar-refractivity contribution >= 4 is 11.9 Å². The number of esters is 1. The fraction of sp³-hybridized carbons (Fsp3) is 0.636. The van der Waals surface area contributed by atoms with E-state index in [1.54, 1.807) is 0 Å². The normalized spacial score (nSPS) is 12.1. The van der Waals surface area contributed by atoms with Crippen LogP contribution in [0.25, 0.3) is 0 Å². The van der Waals surface area contributed by atoms with Gasteiger partial charge in [-0.3, -0.25) is 0 Å². The van der Waals surface area contributed by atoms with E-state index in [2.05, 4.69) is 6.58 Å². The predicted octanol–water partition coefficient (Wildman–Crippen LogP) is 2.38. The molecular formula is C11H16F2O4. The monoisotopic (exact) mass is 250 g/mol. The zero-order valence-corrected chi connectivity index (χ0v) is 10.0. The summed E-state index contributed by atoms with van der Waals surface area (Å²) in [6, 6.07) is 0. The Bertz CT molecular complexity index is 334. The van der Waals surface area contributed by atoms with Crippen LogP contribution in [-0.4, -0.2) is 28.6 Å². The van der Waals surface area contributed by atoms with Gasteiger partial charge in [0.25, 0.3) is 0 Å². The lowest BCUT2D eigenvalue weighted by molar-refractivity contribution is -0.168. The fourth-order valence-corrected chi connectivity index (χ4v) is 0.954. The third kappa shape index (κ3) is 5.42. The summed E-state index contributed by atoms with van der Waals surface area (Å²) in [5, 5.41) is 8.24. The standard InChI is InChI=1S/C11H16F2O4/c1-7(2)8(14)17-10(3,4)5-6-11(12,13)9(15)16/h1,5-6H2,2-4H3,(H,15,16). The summed E-state index contributed by atoms with van der Waals surface area (Å²) in [6.45, 7) is 7.67. The molecule has 0 aromatic heterocycles. The van der Waals surface area contributed by atoms with Gasteiger partial charge in [-0.05, 0) is 27.2 Å². The van der Waals surface area contributed by atoms with Gasteiger partial charge in [0.1, 0.15) is 5.60 Å². The molecule has 0 saturated heterocycles. The predicted molar refractivity (Wildman–Crippen MR) is 56.8 cm³/mol. The first kappa shape index (κ1) is 15.5. The van der Waals surface area contributed by atoms with Crippen molar-refractivity contribution < 1.29 is 28.2 Å². The summed E-state index contributed by atoms with van der Waals surface area (Å²) >= 11 is 0. The van der Waals surface area contributed by atoms with Crippen molar-refractivity contribution in [1.82, 2.24) is 0 Å². The van der Waals surface area contributed by atoms with E-state index in [1.807, 2.05) is 0 Å². The number of carbonyl (C=O) groups excluding carboxylic acids is 1. The lowest BCUT2D eigenvalue weighted by atomic mass is 9.99. The quantitative estimate of drug-likeness (QED) is 0.580. The Kier molecular flexibility index (Phi) is 4.80. The SMILES string of the molecule is C=C(C)C(=O)OC(C)(C)CCC(F)(F)C(=O)O. The molecule has 0 heterocycles. The Morgan fingerprint density at radius 2 is 1.76 bits per heavy atom. The second kappa shape index (κ2) is 5.25. The molecule has 17 heavy (non-hydrogen) atoms. The van der Waals surface area contributed by atoms with Gasteiger partial charge in [0.05, 0.1) is 0 Å². The summed E-state index contributed by atoms with van der Waals surface area (Å²) < 4.78 is 30.5. The lowest BCUT2D eigenvalue weighted by Gasteiger charge is -2.26. The van der Waals surface area contributed by atoms with Crippen LogP contribution in [0.2, 0.25) is 0 Å². The zero-order chi connectivity index (χ0) is 13.9. The first-order valence-corrected chi connectivity index (χ1v) is 4.98. The van der Waals surface area contributed by atoms with Gasteiger partial charge in [0, 0.05) is 12.0 Å². The molecule has 0 bridgehead atoms. The Morgan fingerprint density at radius 3 is 2.12 bits per heavy atom. The Hall–Kier alpha value is -1.46. The molecule has 0 aliphatic carbocycles. The second-order valence-electron chi connectivity index (χ2n) is 4.44. The highest BCUT2D eigenvalue weighted by atomic mass is 19.3. The smallest absolute Gasteiger partial charge is 0.374 e. The van der Waals surface area contributed by atoms with Crippen molar-refractivity contribution in [2.75, 3.05) is 0 Å². The molecule has 0 radical (unpaired) electrons. The Balaban J connectivity index is 4.42. The molecule has 1 N–H and O–H groups in total. The number of hydrogen-bond acceptors (Lipinski definition) is 3. The van der Waals surface area contributed by atoms with Crippen LogP contribution < -0.4 is 0 Å². The van der Waals surface area contributed by atoms with E-state index in [4.69, 9.17) is 9.84 Å². The number of carboxylic acid groups (broad SMARTS) is 1. The molecule has 0 rings (SSSR count). The minimum atomic E-state index is -3.81. The van der Waals surface area contributed by atoms with E-state index in [0.29, 0.717) is 0 Å². The van der Waals surface area contributed by atoms with E-state index in [0.717, 1.165) is 0 Å². The number of halogens is 2. The van der Waals surface area contributed by atoms with Gasteiger partial charge in [-0.15, -0.1) is 0 Å². The second-order valence-corrected chi connectivity index (χ2v) is 4.44. The van der Waals surface area contributed by atoms with Gasteiger partial charge < -0.3 is 9.84 Å². The zero-order valence-electron chi connectivity index (χ0n) is 10.0. The van der Waals surface area contributed by atoms with Crippen LogP contribution in [0.4, 0.5) is 8.78 Å². The number of hydrogen-bond donors (Lipinski definition) is 1. The van der Waals surface area contributed by atoms with E-state index < -0.39 is 29.9 Å². The molecule has 4 nitrogen and oxygen atoms in total. The summed E-state index contributed by atoms with van der Waals surface area (Å²) in [5.74, 6) is -6.68. The minimum absolute atomic E-state index is 0.156. The molecular weight excluding hydrogens is 234 g/mol. The molecule has 0 unspecified atom stereocenters. The van der Waals surface area contributed by atoms with Crippen LogP contribution in [0.1, 0.15) is 33.6 Å². The number of carboxylic acids is 1. The molecule has 0 spiro atoms. The van der Waals surface area contributed by atoms with Crippen LogP contribution in [0.3, 0.4) is 0 Å². The maximum absolute atomic E-state index is 12.8. The molecule has 0 fully saturated rings. The Morgan fingerprint density at radius 1 is 1.29 bits per heavy atom. The lowest BCUT2D eigenvalue weighted by Crippen LogP contribution is -2.34. The van der Waals surface area contributed by atoms with Crippen LogP contribution in [0.15, 0.2) is 12.2 Å². The van der Waals surface area contributed by atoms with Crippen LogP contribution in [0, 0.1) is 0 Å². The van der Waals surface area contributed by atoms with E-state index in [-0.39, 0.29) is 12.0 Å². The molecule has 6 heteroatoms. The summed E-state index contributed by atoms with van der Waals surface area (Å²) in [5.41, 5.74) is -1.00. The minimum Gasteiger partial charge on any atom is -0.477 e. The topological polar surface area (TPSA) is 63.6 Å². The molecule has 98 valence electrons. The third-order valence-corrected chi connectivity index (χ3v) is 2.07. The van der Waals surface area contributed by atoms with Crippen molar-refractivity contribution in [2.24, 2.45) is 0 Å². The first-order chi connectivity index (χ1) is 7.48. The van der Waals surface area contributed by atoms with Crippen LogP contribution >= 0.6 is 0 Å². The molecule has 0 aliphatic rings. The van der Waals surface area contributed by atoms with Gasteiger partial charge >= 0.3 is 17.9 Å². The van der Waals surface area contributed by atoms with Gasteiger partial charge in [-0.2, -0.15) is 8.78 Å². The summed E-state index contributed by atoms with van der Waals surface area (Å²) in [4.78, 5) is 21.4. The van der Waals surface area contributed by atoms with E-state index in [1.165, 1.54) is 20.8 Å². The van der Waals surface area contributed by atoms with Gasteiger partial charge in [0.15, 0.2) is 0 Å². The summed E-state index contributed by atoms with van der Waals surface area (Å²) in [6.07, 6.45) is -1.15. The highest BCUT2D eigenvalue weighted by Gasteiger charge is 2.40. The average Bonchev–Trinajstić information content (AvgIpc) is 2.14. The summed E-state index contributed by atoms with van der Waals surface area (Å²) in [7, 11) is 0. The number of alkyl halides is 2. The highest BCUT2D eigenvalue weighted by molar-refractivity contribution is 5.87. The number of rotatable bonds is 6. The van der Waals surface area contributed by atoms with Crippen LogP contribution in [0.5, 0.6) is 0 Å². The first-order valence-electron chi connectivity index (χ1n) is 4.98. The maximum atomic E-state index is 12.8. The van der Waals surface area contributed by atoms with Crippen LogP contribution in [-0.2, 0) is 14.3 Å². The number of aliphatic carboxylic acids is 1. The fourth-order valence-electron chi connectivity index (χ4n) is 0.954. The molecule has 0 aromatic rings. The number of ether oxygens (including phenoxy) is 1. The van der Waals surface area contributed by atoms with Gasteiger partial charge in [-0.1, -0.05) is 6.58 Å². The third-order valence-electron chi connectivity index (χ3n) is 2.07. The molecule has 0 saturated carbocycles. The highest BCUT2D eigenvalue weighted by Crippen LogP contribution is 2.27. The van der Waals surface area contributed by atoms with E-state index >= 15 is 0 Å². The maximum Gasteiger partial charge on any atom is 0.374 e. The molecule has 0 atom stereocenters. The molecule has 0 aliphatic heterocycles. The van der Waals surface area contributed by atoms with Gasteiger partial charge in [0.2, 0.25) is 0 Å². The number of carbonyl (C=O) groups is 2. The van der Waals surface area contributed by atoms with Crippen molar-refractivity contribution in [2.45, 2.75) is 45.1 Å². The van der Waals surface area contributed by atoms with Crippen molar-refractivity contribution in [1.29, 1.82) is 0 Å². The Labute approximate surface area is 98.3 Å². The van der Waals surface area contributed by atoms with Crippen molar-refractivity contribution in [3.05, 3.63) is 12.2 Å². The largest absolute Gasteiger partial charge is 0.477 e.